The van der Waals surface area contributed by atoms with Gasteiger partial charge in [-0.05, 0) is 54.2 Å². The number of hydrogen-bond donors (Lipinski definition) is 1. The topological polar surface area (TPSA) is 34.1 Å². The molecule has 2 aromatic heterocycles. The fraction of sp³-hybridized carbons (Fsp3) is 0.400. The molecule has 0 aromatic carbocycles. The minimum absolute atomic E-state index is 0.132. The molecule has 0 aliphatic carbocycles. The molecule has 0 saturated heterocycles. The molecule has 0 amide bonds. The van der Waals surface area contributed by atoms with Crippen LogP contribution in [0.1, 0.15) is 37.3 Å². The van der Waals surface area contributed by atoms with Gasteiger partial charge in [0, 0.05) is 33.7 Å². The number of thiophene rings is 1. The zero-order chi connectivity index (χ0) is 14.5. The summed E-state index contributed by atoms with van der Waals surface area (Å²) in [7, 11) is 0. The summed E-state index contributed by atoms with van der Waals surface area (Å²) >= 11 is 5.33. The zero-order valence-corrected chi connectivity index (χ0v) is 14.3. The summed E-state index contributed by atoms with van der Waals surface area (Å²) in [5.41, 5.74) is 1.08. The summed E-state index contributed by atoms with van der Waals surface area (Å²) in [6.07, 6.45) is 1.90. The third kappa shape index (κ3) is 4.04. The molecule has 1 unspecified atom stereocenters. The van der Waals surface area contributed by atoms with E-state index < -0.39 is 0 Å². The maximum absolute atomic E-state index is 5.73. The second kappa shape index (κ2) is 7.20. The van der Waals surface area contributed by atoms with Crippen LogP contribution in [0.2, 0.25) is 0 Å². The molecular weight excluding hydrogens is 336 g/mol. The Hall–Kier alpha value is -0.910. The Morgan fingerprint density at radius 3 is 2.80 bits per heavy atom. The van der Waals surface area contributed by atoms with Crippen molar-refractivity contribution >= 4 is 27.3 Å². The van der Waals surface area contributed by atoms with Crippen molar-refractivity contribution in [2.24, 2.45) is 0 Å². The Bertz CT molecular complexity index is 556. The lowest BCUT2D eigenvalue weighted by molar-refractivity contribution is 0.229. The van der Waals surface area contributed by atoms with Crippen molar-refractivity contribution in [3.05, 3.63) is 44.7 Å². The first-order chi connectivity index (χ1) is 9.58. The minimum Gasteiger partial charge on any atom is -0.475 e. The van der Waals surface area contributed by atoms with Crippen LogP contribution in [-0.2, 0) is 6.54 Å². The van der Waals surface area contributed by atoms with E-state index in [2.05, 4.69) is 44.6 Å². The molecule has 5 heteroatoms. The molecule has 0 fully saturated rings. The van der Waals surface area contributed by atoms with Gasteiger partial charge in [-0.2, -0.15) is 0 Å². The van der Waals surface area contributed by atoms with Crippen LogP contribution in [0.25, 0.3) is 0 Å². The predicted octanol–water partition coefficient (Wildman–Crippen LogP) is 4.54. The number of ether oxygens (including phenoxy) is 1. The van der Waals surface area contributed by atoms with Crippen LogP contribution in [0, 0.1) is 0 Å². The lowest BCUT2D eigenvalue weighted by Crippen LogP contribution is -2.19. The highest BCUT2D eigenvalue weighted by atomic mass is 79.9. The largest absolute Gasteiger partial charge is 0.475 e. The van der Waals surface area contributed by atoms with Gasteiger partial charge in [0.1, 0.15) is 0 Å². The quantitative estimate of drug-likeness (QED) is 0.826. The van der Waals surface area contributed by atoms with Crippen LogP contribution in [0.15, 0.2) is 34.2 Å². The van der Waals surface area contributed by atoms with Crippen molar-refractivity contribution < 1.29 is 4.74 Å². The fourth-order valence-electron chi connectivity index (χ4n) is 1.86. The van der Waals surface area contributed by atoms with Gasteiger partial charge in [-0.15, -0.1) is 11.3 Å². The monoisotopic (exact) mass is 354 g/mol. The molecule has 0 aliphatic rings. The average molecular weight is 355 g/mol. The number of rotatable bonds is 6. The molecule has 0 spiro atoms. The van der Waals surface area contributed by atoms with Crippen LogP contribution in [-0.4, -0.2) is 11.1 Å². The van der Waals surface area contributed by atoms with Crippen molar-refractivity contribution in [3.8, 4) is 5.88 Å². The van der Waals surface area contributed by atoms with Crippen LogP contribution in [0.4, 0.5) is 0 Å². The van der Waals surface area contributed by atoms with E-state index in [9.17, 15) is 0 Å². The van der Waals surface area contributed by atoms with Gasteiger partial charge < -0.3 is 10.1 Å². The molecule has 0 bridgehead atoms. The number of halogens is 1. The van der Waals surface area contributed by atoms with E-state index in [1.807, 2.05) is 26.0 Å². The van der Waals surface area contributed by atoms with Crippen molar-refractivity contribution in [1.29, 1.82) is 0 Å². The predicted molar refractivity (Wildman–Crippen MR) is 87.3 cm³/mol. The van der Waals surface area contributed by atoms with Gasteiger partial charge in [0.15, 0.2) is 0 Å². The number of hydrogen-bond acceptors (Lipinski definition) is 4. The molecule has 2 rings (SSSR count). The molecule has 0 radical (unpaired) electrons. The molecule has 0 aliphatic heterocycles. The molecule has 1 N–H and O–H groups in total. The fourth-order valence-corrected chi connectivity index (χ4v) is 3.61. The van der Waals surface area contributed by atoms with Gasteiger partial charge in [0.2, 0.25) is 5.88 Å². The van der Waals surface area contributed by atoms with Crippen molar-refractivity contribution in [1.82, 2.24) is 10.3 Å². The Morgan fingerprint density at radius 2 is 2.15 bits per heavy atom. The first-order valence-corrected chi connectivity index (χ1v) is 8.32. The molecule has 108 valence electrons. The van der Waals surface area contributed by atoms with E-state index in [0.717, 1.165) is 16.6 Å². The number of nitrogens with zero attached hydrogens (tertiary/aromatic N) is 1. The third-order valence-electron chi connectivity index (χ3n) is 2.83. The summed E-state index contributed by atoms with van der Waals surface area (Å²) in [6.45, 7) is 6.92. The van der Waals surface area contributed by atoms with Gasteiger partial charge in [0.25, 0.3) is 0 Å². The lowest BCUT2D eigenvalue weighted by Gasteiger charge is -2.16. The molecule has 0 saturated carbocycles. The van der Waals surface area contributed by atoms with E-state index in [0.29, 0.717) is 5.88 Å². The maximum Gasteiger partial charge on any atom is 0.218 e. The van der Waals surface area contributed by atoms with E-state index in [1.54, 1.807) is 17.5 Å². The van der Waals surface area contributed by atoms with Gasteiger partial charge in [-0.3, -0.25) is 0 Å². The Balaban J connectivity index is 2.02. The van der Waals surface area contributed by atoms with Crippen LogP contribution < -0.4 is 10.1 Å². The summed E-state index contributed by atoms with van der Waals surface area (Å²) in [5.74, 6) is 0.715. The Kier molecular flexibility index (Phi) is 5.57. The van der Waals surface area contributed by atoms with Crippen LogP contribution in [0.3, 0.4) is 0 Å². The maximum atomic E-state index is 5.73. The van der Waals surface area contributed by atoms with Gasteiger partial charge in [-0.1, -0.05) is 6.07 Å². The normalized spacial score (nSPS) is 12.7. The standard InChI is InChI=1S/C15H19BrN2OS/c1-10(2)19-15-12(5-4-7-17-15)9-18-11(3)14-13(16)6-8-20-14/h4-8,10-11,18H,9H2,1-3H3. The summed E-state index contributed by atoms with van der Waals surface area (Å²) in [4.78, 5) is 5.61. The van der Waals surface area contributed by atoms with Crippen LogP contribution in [0.5, 0.6) is 5.88 Å². The van der Waals surface area contributed by atoms with Crippen molar-refractivity contribution in [3.63, 3.8) is 0 Å². The number of nitrogens with one attached hydrogen (secondary N) is 1. The lowest BCUT2D eigenvalue weighted by atomic mass is 10.2. The summed E-state index contributed by atoms with van der Waals surface area (Å²) in [6, 6.07) is 6.36. The zero-order valence-electron chi connectivity index (χ0n) is 11.9. The second-order valence-corrected chi connectivity index (χ2v) is 6.67. The van der Waals surface area contributed by atoms with E-state index >= 15 is 0 Å². The SMILES string of the molecule is CC(C)Oc1ncccc1CNC(C)c1sccc1Br. The smallest absolute Gasteiger partial charge is 0.218 e. The van der Waals surface area contributed by atoms with Crippen LogP contribution >= 0.6 is 27.3 Å². The van der Waals surface area contributed by atoms with E-state index in [4.69, 9.17) is 4.74 Å². The van der Waals surface area contributed by atoms with Crippen molar-refractivity contribution in [2.75, 3.05) is 0 Å². The molecule has 3 nitrogen and oxygen atoms in total. The van der Waals surface area contributed by atoms with E-state index in [-0.39, 0.29) is 12.1 Å². The number of pyridine rings is 1. The second-order valence-electron chi connectivity index (χ2n) is 4.87. The summed E-state index contributed by atoms with van der Waals surface area (Å²) < 4.78 is 6.89. The number of aromatic nitrogens is 1. The Labute approximate surface area is 132 Å². The van der Waals surface area contributed by atoms with Gasteiger partial charge in [0.05, 0.1) is 6.10 Å². The highest BCUT2D eigenvalue weighted by Gasteiger charge is 2.12. The first kappa shape index (κ1) is 15.5. The summed E-state index contributed by atoms with van der Waals surface area (Å²) in [5, 5.41) is 5.61. The molecule has 2 aromatic rings. The highest BCUT2D eigenvalue weighted by molar-refractivity contribution is 9.10. The van der Waals surface area contributed by atoms with Gasteiger partial charge >= 0.3 is 0 Å². The van der Waals surface area contributed by atoms with Crippen molar-refractivity contribution in [2.45, 2.75) is 39.5 Å². The van der Waals surface area contributed by atoms with Gasteiger partial charge in [-0.25, -0.2) is 4.98 Å². The average Bonchev–Trinajstić information content (AvgIpc) is 2.83. The molecular formula is C15H19BrN2OS. The molecule has 1 atom stereocenters. The molecule has 2 heterocycles. The van der Waals surface area contributed by atoms with E-state index in [1.165, 1.54) is 4.88 Å². The Morgan fingerprint density at radius 1 is 1.35 bits per heavy atom. The minimum atomic E-state index is 0.132. The third-order valence-corrected chi connectivity index (χ3v) is 4.89. The first-order valence-electron chi connectivity index (χ1n) is 6.64. The highest BCUT2D eigenvalue weighted by Crippen LogP contribution is 2.29. The molecule has 20 heavy (non-hydrogen) atoms.